The second-order valence-corrected chi connectivity index (χ2v) is 11.9. The van der Waals surface area contributed by atoms with Crippen molar-refractivity contribution in [3.63, 3.8) is 0 Å². The van der Waals surface area contributed by atoms with E-state index in [2.05, 4.69) is 53.7 Å². The van der Waals surface area contributed by atoms with E-state index in [1.54, 1.807) is 34.7 Å². The Balaban J connectivity index is 0.000000461. The lowest BCUT2D eigenvalue weighted by molar-refractivity contribution is -0.119. The average molecular weight is 727 g/mol. The molecule has 10 heteroatoms. The number of likely N-dealkylation sites (N-methyl/N-ethyl adjacent to an activating group) is 1. The number of methoxy groups -OCH3 is 3. The van der Waals surface area contributed by atoms with Gasteiger partial charge in [-0.3, -0.25) is 14.8 Å². The van der Waals surface area contributed by atoms with E-state index in [1.807, 2.05) is 95.9 Å². The number of para-hydroxylation sites is 1. The van der Waals surface area contributed by atoms with E-state index in [0.29, 0.717) is 25.6 Å². The molecule has 53 heavy (non-hydrogen) atoms. The maximum absolute atomic E-state index is 11.5. The molecule has 0 radical (unpaired) electrons. The van der Waals surface area contributed by atoms with E-state index >= 15 is 0 Å². The lowest BCUT2D eigenvalue weighted by atomic mass is 9.99. The summed E-state index contributed by atoms with van der Waals surface area (Å²) < 4.78 is 27.8. The number of ether oxygens (including phenoxy) is 5. The number of hydrogen-bond donors (Lipinski definition) is 1. The van der Waals surface area contributed by atoms with Crippen molar-refractivity contribution in [2.45, 2.75) is 57.6 Å². The molecule has 3 aromatic carbocycles. The summed E-state index contributed by atoms with van der Waals surface area (Å²) in [7, 11) is 6.55. The molecule has 0 bridgehead atoms. The Hall–Kier alpha value is -5.03. The Morgan fingerprint density at radius 1 is 0.981 bits per heavy atom. The maximum Gasteiger partial charge on any atom is 0.241 e. The van der Waals surface area contributed by atoms with Crippen LogP contribution >= 0.6 is 0 Å². The molecule has 0 aliphatic carbocycles. The van der Waals surface area contributed by atoms with E-state index in [-0.39, 0.29) is 30.9 Å². The minimum Gasteiger partial charge on any atom is -0.497 e. The Labute approximate surface area is 316 Å². The fraction of sp³-hybridized carbons (Fsp3) is 0.372. The number of nitrogens with zero attached hydrogens (tertiary/aromatic N) is 3. The highest BCUT2D eigenvalue weighted by Crippen LogP contribution is 2.30. The van der Waals surface area contributed by atoms with Gasteiger partial charge in [-0.2, -0.15) is 0 Å². The Morgan fingerprint density at radius 3 is 2.21 bits per heavy atom. The average Bonchev–Trinajstić information content (AvgIpc) is 3.68. The van der Waals surface area contributed by atoms with Gasteiger partial charge in [-0.25, -0.2) is 0 Å². The highest BCUT2D eigenvalue weighted by atomic mass is 16.6. The maximum atomic E-state index is 11.5. The minimum atomic E-state index is -0.249. The van der Waals surface area contributed by atoms with Crippen molar-refractivity contribution >= 4 is 19.0 Å². The summed E-state index contributed by atoms with van der Waals surface area (Å²) in [5.41, 5.74) is 3.34. The Morgan fingerprint density at radius 2 is 1.64 bits per heavy atom. The van der Waals surface area contributed by atoms with Gasteiger partial charge in [-0.15, -0.1) is 0 Å². The Kier molecular flexibility index (Phi) is 23.0. The van der Waals surface area contributed by atoms with Crippen molar-refractivity contribution in [3.05, 3.63) is 138 Å². The van der Waals surface area contributed by atoms with Crippen LogP contribution in [0.3, 0.4) is 0 Å². The van der Waals surface area contributed by atoms with Crippen LogP contribution in [0.1, 0.15) is 49.8 Å². The lowest BCUT2D eigenvalue weighted by Gasteiger charge is -2.26. The predicted octanol–water partition coefficient (Wildman–Crippen LogP) is 7.95. The molecule has 1 saturated heterocycles. The number of carbonyl (C=O) groups excluding carboxylic acids is 1. The van der Waals surface area contributed by atoms with Gasteiger partial charge < -0.3 is 33.9 Å². The van der Waals surface area contributed by atoms with Crippen LogP contribution in [0.4, 0.5) is 0 Å². The number of allylic oxidation sites excluding steroid dienone is 2. The summed E-state index contributed by atoms with van der Waals surface area (Å²) >= 11 is 0. The molecule has 10 nitrogen and oxygen atoms in total. The zero-order chi connectivity index (χ0) is 38.5. The van der Waals surface area contributed by atoms with Gasteiger partial charge >= 0.3 is 0 Å². The van der Waals surface area contributed by atoms with Gasteiger partial charge in [0.1, 0.15) is 37.1 Å². The van der Waals surface area contributed by atoms with Gasteiger partial charge in [0.2, 0.25) is 5.91 Å². The van der Waals surface area contributed by atoms with Crippen molar-refractivity contribution < 1.29 is 28.5 Å². The molecule has 1 amide bonds. The first-order chi connectivity index (χ1) is 25.9. The van der Waals surface area contributed by atoms with Gasteiger partial charge in [0, 0.05) is 14.2 Å². The number of benzene rings is 3. The number of amides is 1. The second-order valence-electron chi connectivity index (χ2n) is 11.9. The van der Waals surface area contributed by atoms with Gasteiger partial charge in [0.05, 0.1) is 39.9 Å². The normalized spacial score (nSPS) is 15.8. The van der Waals surface area contributed by atoms with Crippen LogP contribution in [0.25, 0.3) is 0 Å². The van der Waals surface area contributed by atoms with Crippen molar-refractivity contribution in [2.75, 3.05) is 48.2 Å². The van der Waals surface area contributed by atoms with Crippen LogP contribution in [0.5, 0.6) is 5.75 Å². The van der Waals surface area contributed by atoms with E-state index < -0.39 is 0 Å². The van der Waals surface area contributed by atoms with E-state index in [0.717, 1.165) is 42.6 Å². The standard InChI is InChI=1S/C28H40N4O4.C8H10O.C7H8O/c1-6-7-11-24(15-14-22(2)34-5)28(23-12-9-8-10-13-23)35-19-25-16-17-27(36-25)32(20-29-3)21-31-18-26(33)30-4;1-9-7-8-5-3-2-4-6-8;1-8-7-5-3-2-4-6-7/h8-15,21,25,27-28H,2-3,6-7,16-20H2,1,4-5H3,(H,30,33);2-6H,7H2,1H3;2-6H,1H3/b15-14-,24-11+,31-21?;;/t25?,27-,28?;;/m1../s1. The van der Waals surface area contributed by atoms with Gasteiger partial charge in [0.15, 0.2) is 0 Å². The molecule has 1 aliphatic heterocycles. The van der Waals surface area contributed by atoms with E-state index in [1.165, 1.54) is 5.56 Å². The van der Waals surface area contributed by atoms with E-state index in [4.69, 9.17) is 23.7 Å². The third-order valence-electron chi connectivity index (χ3n) is 7.84. The highest BCUT2D eigenvalue weighted by Gasteiger charge is 2.30. The van der Waals surface area contributed by atoms with Gasteiger partial charge in [-0.1, -0.05) is 111 Å². The van der Waals surface area contributed by atoms with Crippen LogP contribution in [-0.2, 0) is 30.3 Å². The summed E-state index contributed by atoms with van der Waals surface area (Å²) in [5.74, 6) is 1.34. The lowest BCUT2D eigenvalue weighted by Crippen LogP contribution is -2.35. The Bertz CT molecular complexity index is 1520. The third-order valence-corrected chi connectivity index (χ3v) is 7.84. The van der Waals surface area contributed by atoms with Crippen LogP contribution in [0.15, 0.2) is 137 Å². The summed E-state index contributed by atoms with van der Waals surface area (Å²) in [6, 6.07) is 30.0. The first kappa shape index (κ1) is 44.1. The molecule has 1 aliphatic rings. The summed E-state index contributed by atoms with van der Waals surface area (Å²) in [6.07, 6.45) is 10.8. The summed E-state index contributed by atoms with van der Waals surface area (Å²) in [5, 5.41) is 2.55. The van der Waals surface area contributed by atoms with Crippen molar-refractivity contribution in [2.24, 2.45) is 9.98 Å². The zero-order valence-corrected chi connectivity index (χ0v) is 32.1. The van der Waals surface area contributed by atoms with Gasteiger partial charge in [0.25, 0.3) is 0 Å². The fourth-order valence-electron chi connectivity index (χ4n) is 5.02. The molecule has 286 valence electrons. The highest BCUT2D eigenvalue weighted by molar-refractivity contribution is 5.79. The molecule has 0 saturated carbocycles. The number of unbranched alkanes of at least 4 members (excludes halogenated alkanes) is 1. The van der Waals surface area contributed by atoms with E-state index in [9.17, 15) is 4.79 Å². The van der Waals surface area contributed by atoms with Crippen molar-refractivity contribution in [1.82, 2.24) is 10.2 Å². The molecular formula is C43H58N4O6. The SMILES string of the molecule is C=NCN(C=NCC(=O)NC)[C@H]1CCC(COC(C(/C=C\C(=C)OC)=C/CCC)c2ccccc2)O1.COCc1ccccc1.COc1ccccc1. The number of aliphatic imine (C=N–C) groups is 2. The molecule has 3 aromatic rings. The zero-order valence-electron chi connectivity index (χ0n) is 32.1. The molecule has 1 heterocycles. The van der Waals surface area contributed by atoms with Crippen LogP contribution in [-0.4, -0.2) is 84.4 Å². The number of hydrogen-bond acceptors (Lipinski definition) is 8. The molecule has 4 rings (SSSR count). The number of nitrogens with one attached hydrogen (secondary N) is 1. The van der Waals surface area contributed by atoms with Crippen LogP contribution < -0.4 is 10.1 Å². The summed E-state index contributed by atoms with van der Waals surface area (Å²) in [4.78, 5) is 21.5. The largest absolute Gasteiger partial charge is 0.497 e. The first-order valence-electron chi connectivity index (χ1n) is 17.8. The first-order valence-corrected chi connectivity index (χ1v) is 17.8. The monoisotopic (exact) mass is 726 g/mol. The molecule has 1 fully saturated rings. The topological polar surface area (TPSA) is 103 Å². The number of rotatable bonds is 19. The summed E-state index contributed by atoms with van der Waals surface area (Å²) in [6.45, 7) is 11.2. The molecule has 3 atom stereocenters. The smallest absolute Gasteiger partial charge is 0.241 e. The third kappa shape index (κ3) is 18.3. The van der Waals surface area contributed by atoms with Crippen LogP contribution in [0, 0.1) is 0 Å². The number of carbonyl (C=O) groups is 1. The van der Waals surface area contributed by atoms with Crippen molar-refractivity contribution in [1.29, 1.82) is 0 Å². The van der Waals surface area contributed by atoms with Crippen LogP contribution in [0.2, 0.25) is 0 Å². The molecule has 0 spiro atoms. The molecule has 1 N–H and O–H groups in total. The minimum absolute atomic E-state index is 0.0536. The van der Waals surface area contributed by atoms with Crippen molar-refractivity contribution in [3.8, 4) is 5.75 Å². The molecular weight excluding hydrogens is 668 g/mol. The predicted molar refractivity (Wildman–Crippen MR) is 215 cm³/mol. The molecule has 0 aromatic heterocycles. The second kappa shape index (κ2) is 27.6. The molecule has 2 unspecified atom stereocenters. The quantitative estimate of drug-likeness (QED) is 0.0579. The van der Waals surface area contributed by atoms with Gasteiger partial charge in [-0.05, 0) is 60.9 Å². The fourth-order valence-corrected chi connectivity index (χ4v) is 5.02.